The molecule has 0 bridgehead atoms. The molecule has 2 aromatic heterocycles. The van der Waals surface area contributed by atoms with Gasteiger partial charge in [0.25, 0.3) is 0 Å². The number of para-hydroxylation sites is 1. The average Bonchev–Trinajstić information content (AvgIpc) is 3.25. The molecule has 6 heteroatoms. The SMILES string of the molecule is COc1ccc(-n2c(SC)nnc2-c2c[nH]c3ccccc23)cc1. The van der Waals surface area contributed by atoms with Crippen molar-refractivity contribution in [3.8, 4) is 22.8 Å². The van der Waals surface area contributed by atoms with E-state index in [1.807, 2.05) is 48.9 Å². The Morgan fingerprint density at radius 1 is 1.04 bits per heavy atom. The maximum atomic E-state index is 5.25. The highest BCUT2D eigenvalue weighted by Gasteiger charge is 2.17. The molecule has 24 heavy (non-hydrogen) atoms. The average molecular weight is 336 g/mol. The minimum atomic E-state index is 0.821. The number of ether oxygens (including phenoxy) is 1. The number of methoxy groups -OCH3 is 1. The molecule has 2 heterocycles. The van der Waals surface area contributed by atoms with E-state index in [0.29, 0.717) is 0 Å². The third kappa shape index (κ3) is 2.35. The Morgan fingerprint density at radius 3 is 2.58 bits per heavy atom. The summed E-state index contributed by atoms with van der Waals surface area (Å²) in [6.45, 7) is 0. The van der Waals surface area contributed by atoms with Gasteiger partial charge in [-0.3, -0.25) is 4.57 Å². The van der Waals surface area contributed by atoms with Gasteiger partial charge in [0.15, 0.2) is 11.0 Å². The highest BCUT2D eigenvalue weighted by atomic mass is 32.2. The Labute approximate surface area is 143 Å². The molecular weight excluding hydrogens is 320 g/mol. The standard InChI is InChI=1S/C18H16N4OS/c1-23-13-9-7-12(8-10-13)22-17(20-21-18(22)24-2)15-11-19-16-6-4-3-5-14(15)16/h3-11,19H,1-2H3. The summed E-state index contributed by atoms with van der Waals surface area (Å²) in [6.07, 6.45) is 3.99. The van der Waals surface area contributed by atoms with Gasteiger partial charge in [-0.1, -0.05) is 30.0 Å². The molecule has 0 radical (unpaired) electrons. The lowest BCUT2D eigenvalue weighted by Gasteiger charge is -2.09. The van der Waals surface area contributed by atoms with Crippen LogP contribution in [-0.2, 0) is 0 Å². The lowest BCUT2D eigenvalue weighted by atomic mass is 10.1. The number of aromatic amines is 1. The minimum Gasteiger partial charge on any atom is -0.497 e. The van der Waals surface area contributed by atoms with E-state index in [0.717, 1.165) is 38.9 Å². The molecule has 0 aliphatic heterocycles. The number of hydrogen-bond acceptors (Lipinski definition) is 4. The first-order valence-corrected chi connectivity index (χ1v) is 8.74. The van der Waals surface area contributed by atoms with Crippen LogP contribution in [-0.4, -0.2) is 33.1 Å². The summed E-state index contributed by atoms with van der Waals surface area (Å²) in [6, 6.07) is 16.1. The van der Waals surface area contributed by atoms with Crippen molar-refractivity contribution < 1.29 is 4.74 Å². The lowest BCUT2D eigenvalue weighted by molar-refractivity contribution is 0.414. The molecule has 0 aliphatic rings. The van der Waals surface area contributed by atoms with Gasteiger partial charge >= 0.3 is 0 Å². The zero-order valence-electron chi connectivity index (χ0n) is 13.4. The van der Waals surface area contributed by atoms with Crippen molar-refractivity contribution >= 4 is 22.7 Å². The maximum Gasteiger partial charge on any atom is 0.195 e. The summed E-state index contributed by atoms with van der Waals surface area (Å²) in [5.41, 5.74) is 3.13. The molecule has 0 saturated heterocycles. The van der Waals surface area contributed by atoms with Gasteiger partial charge in [0, 0.05) is 28.4 Å². The first-order valence-electron chi connectivity index (χ1n) is 7.52. The number of benzene rings is 2. The van der Waals surface area contributed by atoms with E-state index in [-0.39, 0.29) is 0 Å². The first-order chi connectivity index (χ1) is 11.8. The Bertz CT molecular complexity index is 988. The fourth-order valence-electron chi connectivity index (χ4n) is 2.80. The van der Waals surface area contributed by atoms with Crippen molar-refractivity contribution in [1.29, 1.82) is 0 Å². The second kappa shape index (κ2) is 6.05. The van der Waals surface area contributed by atoms with Crippen LogP contribution in [0.15, 0.2) is 59.9 Å². The summed E-state index contributed by atoms with van der Waals surface area (Å²) in [7, 11) is 1.67. The second-order valence-electron chi connectivity index (χ2n) is 5.29. The quantitative estimate of drug-likeness (QED) is 0.569. The van der Waals surface area contributed by atoms with E-state index in [4.69, 9.17) is 4.74 Å². The van der Waals surface area contributed by atoms with Crippen molar-refractivity contribution in [2.75, 3.05) is 13.4 Å². The van der Waals surface area contributed by atoms with Gasteiger partial charge in [0.1, 0.15) is 5.75 Å². The van der Waals surface area contributed by atoms with Crippen LogP contribution in [0.25, 0.3) is 28.0 Å². The normalized spacial score (nSPS) is 11.1. The van der Waals surface area contributed by atoms with E-state index in [1.165, 1.54) is 0 Å². The molecule has 0 unspecified atom stereocenters. The lowest BCUT2D eigenvalue weighted by Crippen LogP contribution is -1.99. The van der Waals surface area contributed by atoms with Crippen molar-refractivity contribution in [2.45, 2.75) is 5.16 Å². The summed E-state index contributed by atoms with van der Waals surface area (Å²) in [4.78, 5) is 3.30. The highest BCUT2D eigenvalue weighted by molar-refractivity contribution is 7.98. The molecule has 1 N–H and O–H groups in total. The number of H-pyrrole nitrogens is 1. The molecule has 4 rings (SSSR count). The Balaban J connectivity index is 1.92. The summed E-state index contributed by atoms with van der Waals surface area (Å²) < 4.78 is 7.32. The molecule has 120 valence electrons. The van der Waals surface area contributed by atoms with E-state index >= 15 is 0 Å². The molecule has 5 nitrogen and oxygen atoms in total. The summed E-state index contributed by atoms with van der Waals surface area (Å²) in [5.74, 6) is 1.65. The van der Waals surface area contributed by atoms with Gasteiger partial charge in [0.05, 0.1) is 7.11 Å². The fourth-order valence-corrected chi connectivity index (χ4v) is 3.29. The monoisotopic (exact) mass is 336 g/mol. The third-order valence-electron chi connectivity index (χ3n) is 3.98. The van der Waals surface area contributed by atoms with Gasteiger partial charge < -0.3 is 9.72 Å². The number of thioether (sulfide) groups is 1. The molecule has 0 atom stereocenters. The number of fused-ring (bicyclic) bond motifs is 1. The largest absolute Gasteiger partial charge is 0.497 e. The van der Waals surface area contributed by atoms with Crippen molar-refractivity contribution in [1.82, 2.24) is 19.7 Å². The summed E-state index contributed by atoms with van der Waals surface area (Å²) >= 11 is 1.57. The Kier molecular flexibility index (Phi) is 3.74. The number of rotatable bonds is 4. The molecular formula is C18H16N4OS. The number of nitrogens with zero attached hydrogens (tertiary/aromatic N) is 3. The third-order valence-corrected chi connectivity index (χ3v) is 4.61. The fraction of sp³-hybridized carbons (Fsp3) is 0.111. The van der Waals surface area contributed by atoms with Crippen LogP contribution in [0.2, 0.25) is 0 Å². The van der Waals surface area contributed by atoms with Gasteiger partial charge in [0.2, 0.25) is 0 Å². The smallest absolute Gasteiger partial charge is 0.195 e. The molecule has 0 aliphatic carbocycles. The van der Waals surface area contributed by atoms with Crippen molar-refractivity contribution in [3.63, 3.8) is 0 Å². The molecule has 2 aromatic carbocycles. The first kappa shape index (κ1) is 14.8. The van der Waals surface area contributed by atoms with Crippen LogP contribution in [0, 0.1) is 0 Å². The van der Waals surface area contributed by atoms with Gasteiger partial charge in [-0.2, -0.15) is 0 Å². The second-order valence-corrected chi connectivity index (χ2v) is 6.07. The van der Waals surface area contributed by atoms with Crippen LogP contribution >= 0.6 is 11.8 Å². The number of hydrogen-bond donors (Lipinski definition) is 1. The van der Waals surface area contributed by atoms with Crippen LogP contribution in [0.5, 0.6) is 5.75 Å². The molecule has 0 amide bonds. The van der Waals surface area contributed by atoms with Gasteiger partial charge in [-0.25, -0.2) is 0 Å². The molecule has 4 aromatic rings. The van der Waals surface area contributed by atoms with Crippen LogP contribution in [0.1, 0.15) is 0 Å². The predicted molar refractivity (Wildman–Crippen MR) is 97.0 cm³/mol. The maximum absolute atomic E-state index is 5.25. The Hall–Kier alpha value is -2.73. The number of aromatic nitrogens is 4. The zero-order valence-corrected chi connectivity index (χ0v) is 14.2. The minimum absolute atomic E-state index is 0.821. The molecule has 0 fully saturated rings. The van der Waals surface area contributed by atoms with Crippen molar-refractivity contribution in [3.05, 3.63) is 54.7 Å². The molecule has 0 saturated carbocycles. The topological polar surface area (TPSA) is 55.7 Å². The molecule has 0 spiro atoms. The summed E-state index contributed by atoms with van der Waals surface area (Å²) in [5, 5.41) is 10.8. The van der Waals surface area contributed by atoms with Crippen LogP contribution in [0.3, 0.4) is 0 Å². The zero-order chi connectivity index (χ0) is 16.5. The van der Waals surface area contributed by atoms with Crippen molar-refractivity contribution in [2.24, 2.45) is 0 Å². The Morgan fingerprint density at radius 2 is 1.83 bits per heavy atom. The predicted octanol–water partition coefficient (Wildman–Crippen LogP) is 4.15. The van der Waals surface area contributed by atoms with E-state index in [9.17, 15) is 0 Å². The van der Waals surface area contributed by atoms with Gasteiger partial charge in [-0.05, 0) is 36.6 Å². The van der Waals surface area contributed by atoms with E-state index in [1.54, 1.807) is 18.9 Å². The highest BCUT2D eigenvalue weighted by Crippen LogP contribution is 2.32. The van der Waals surface area contributed by atoms with E-state index < -0.39 is 0 Å². The van der Waals surface area contributed by atoms with Gasteiger partial charge in [-0.15, -0.1) is 10.2 Å². The van der Waals surface area contributed by atoms with E-state index in [2.05, 4.69) is 31.9 Å². The number of nitrogens with one attached hydrogen (secondary N) is 1. The van der Waals surface area contributed by atoms with Crippen LogP contribution < -0.4 is 4.74 Å². The van der Waals surface area contributed by atoms with Crippen LogP contribution in [0.4, 0.5) is 0 Å².